The number of halogens is 1. The summed E-state index contributed by atoms with van der Waals surface area (Å²) in [5.41, 5.74) is 0.994. The van der Waals surface area contributed by atoms with Crippen molar-refractivity contribution in [2.45, 2.75) is 0 Å². The van der Waals surface area contributed by atoms with Gasteiger partial charge in [0.1, 0.15) is 11.6 Å². The van der Waals surface area contributed by atoms with E-state index < -0.39 is 11.9 Å². The predicted octanol–water partition coefficient (Wildman–Crippen LogP) is 5.01. The number of ether oxygens (including phenoxy) is 2. The number of ketones is 1. The highest BCUT2D eigenvalue weighted by Gasteiger charge is 2.21. The van der Waals surface area contributed by atoms with Crippen LogP contribution in [0.3, 0.4) is 0 Å². The lowest BCUT2D eigenvalue weighted by Crippen LogP contribution is -2.24. The maximum Gasteiger partial charge on any atom is 0.344 e. The van der Waals surface area contributed by atoms with Crippen LogP contribution in [0.2, 0.25) is 5.02 Å². The maximum absolute atomic E-state index is 13.0. The highest BCUT2D eigenvalue weighted by Crippen LogP contribution is 2.30. The van der Waals surface area contributed by atoms with Crippen LogP contribution in [0.1, 0.15) is 31.8 Å². The summed E-state index contributed by atoms with van der Waals surface area (Å²) in [6, 6.07) is 19.1. The van der Waals surface area contributed by atoms with Crippen LogP contribution in [0.15, 0.2) is 85.0 Å². The van der Waals surface area contributed by atoms with Crippen molar-refractivity contribution in [1.82, 2.24) is 5.32 Å². The summed E-state index contributed by atoms with van der Waals surface area (Å²) < 4.78 is 10.9. The van der Waals surface area contributed by atoms with Gasteiger partial charge in [-0.2, -0.15) is 5.26 Å². The van der Waals surface area contributed by atoms with Gasteiger partial charge in [-0.3, -0.25) is 9.59 Å². The van der Waals surface area contributed by atoms with Crippen molar-refractivity contribution in [3.8, 4) is 17.6 Å². The number of hydrogen-bond acceptors (Lipinski definition) is 6. The fraction of sp³-hybridized carbons (Fsp3) is 0.0714. The topological polar surface area (TPSA) is 105 Å². The molecule has 0 saturated heterocycles. The van der Waals surface area contributed by atoms with E-state index in [1.165, 1.54) is 37.5 Å². The summed E-state index contributed by atoms with van der Waals surface area (Å²) in [6.45, 7) is 3.73. The molecule has 0 bridgehead atoms. The first-order chi connectivity index (χ1) is 17.4. The Bertz CT molecular complexity index is 1390. The van der Waals surface area contributed by atoms with Crippen LogP contribution < -0.4 is 14.8 Å². The number of nitriles is 1. The molecule has 3 aromatic carbocycles. The van der Waals surface area contributed by atoms with Crippen molar-refractivity contribution in [3.05, 3.63) is 112 Å². The van der Waals surface area contributed by atoms with Gasteiger partial charge in [-0.25, -0.2) is 4.79 Å². The number of nitrogens with zero attached hydrogens (tertiary/aromatic N) is 1. The Balaban J connectivity index is 1.87. The van der Waals surface area contributed by atoms with Crippen LogP contribution in [0.5, 0.6) is 11.5 Å². The molecule has 0 aliphatic heterocycles. The molecule has 0 aromatic heterocycles. The minimum absolute atomic E-state index is 0.0779. The molecule has 1 N–H and O–H groups in total. The zero-order valence-corrected chi connectivity index (χ0v) is 20.0. The third-order valence-electron chi connectivity index (χ3n) is 4.97. The van der Waals surface area contributed by atoms with Gasteiger partial charge in [0.05, 0.1) is 12.7 Å². The summed E-state index contributed by atoms with van der Waals surface area (Å²) in [6.07, 6.45) is 2.88. The number of rotatable bonds is 9. The van der Waals surface area contributed by atoms with Crippen molar-refractivity contribution in [1.29, 1.82) is 5.26 Å². The van der Waals surface area contributed by atoms with Gasteiger partial charge in [-0.1, -0.05) is 41.9 Å². The maximum atomic E-state index is 13.0. The molecule has 3 aromatic rings. The van der Waals surface area contributed by atoms with E-state index in [0.717, 1.165) is 0 Å². The Kier molecular flexibility index (Phi) is 8.76. The second-order valence-corrected chi connectivity index (χ2v) is 7.79. The van der Waals surface area contributed by atoms with E-state index in [0.29, 0.717) is 16.1 Å². The van der Waals surface area contributed by atoms with E-state index in [-0.39, 0.29) is 40.5 Å². The first-order valence-corrected chi connectivity index (χ1v) is 11.1. The lowest BCUT2D eigenvalue weighted by atomic mass is 9.98. The van der Waals surface area contributed by atoms with Crippen molar-refractivity contribution in [2.24, 2.45) is 0 Å². The number of amides is 1. The summed E-state index contributed by atoms with van der Waals surface area (Å²) in [5, 5.41) is 12.3. The quantitative estimate of drug-likeness (QED) is 0.111. The van der Waals surface area contributed by atoms with Crippen LogP contribution in [0.25, 0.3) is 6.08 Å². The summed E-state index contributed by atoms with van der Waals surface area (Å²) in [7, 11) is 1.39. The van der Waals surface area contributed by atoms with Crippen LogP contribution >= 0.6 is 11.6 Å². The fourth-order valence-corrected chi connectivity index (χ4v) is 3.33. The number of methoxy groups -OCH3 is 1. The molecule has 0 spiro atoms. The lowest BCUT2D eigenvalue weighted by molar-refractivity contribution is -0.116. The second-order valence-electron chi connectivity index (χ2n) is 7.35. The number of esters is 1. The van der Waals surface area contributed by atoms with E-state index in [2.05, 4.69) is 11.9 Å². The largest absolute Gasteiger partial charge is 0.493 e. The summed E-state index contributed by atoms with van der Waals surface area (Å²) in [4.78, 5) is 38.1. The zero-order chi connectivity index (χ0) is 26.1. The molecule has 1 amide bonds. The van der Waals surface area contributed by atoms with Crippen molar-refractivity contribution in [2.75, 3.05) is 13.7 Å². The zero-order valence-electron chi connectivity index (χ0n) is 19.3. The standard InChI is InChI=1S/C28H21ClN2O5/c1-3-14-31-27(33)20(17-30)15-18-8-13-24(25(16-18)35-2)36-28(34)23-7-5-4-6-22(23)26(32)19-9-11-21(29)12-10-19/h3-13,15-16H,1,14H2,2H3,(H,31,33)/b20-15+. The van der Waals surface area contributed by atoms with E-state index in [4.69, 9.17) is 21.1 Å². The summed E-state index contributed by atoms with van der Waals surface area (Å²) >= 11 is 5.91. The molecule has 0 atom stereocenters. The SMILES string of the molecule is C=CCNC(=O)/C(C#N)=C/c1ccc(OC(=O)c2ccccc2C(=O)c2ccc(Cl)cc2)c(OC)c1. The Morgan fingerprint density at radius 2 is 1.72 bits per heavy atom. The molecule has 0 fully saturated rings. The van der Waals surface area contributed by atoms with Gasteiger partial charge >= 0.3 is 5.97 Å². The van der Waals surface area contributed by atoms with Crippen LogP contribution in [-0.2, 0) is 4.79 Å². The molecule has 7 nitrogen and oxygen atoms in total. The van der Waals surface area contributed by atoms with Gasteiger partial charge in [0.2, 0.25) is 0 Å². The molecular formula is C28H21ClN2O5. The average Bonchev–Trinajstić information content (AvgIpc) is 2.90. The second kappa shape index (κ2) is 12.2. The summed E-state index contributed by atoms with van der Waals surface area (Å²) in [5.74, 6) is -1.36. The van der Waals surface area contributed by atoms with Gasteiger partial charge in [0.25, 0.3) is 5.91 Å². The first kappa shape index (κ1) is 25.9. The molecular weight excluding hydrogens is 480 g/mol. The minimum atomic E-state index is -0.754. The third-order valence-corrected chi connectivity index (χ3v) is 5.22. The Morgan fingerprint density at radius 1 is 1.03 bits per heavy atom. The van der Waals surface area contributed by atoms with Gasteiger partial charge in [0, 0.05) is 22.7 Å². The molecule has 0 heterocycles. The van der Waals surface area contributed by atoms with E-state index >= 15 is 0 Å². The van der Waals surface area contributed by atoms with Gasteiger partial charge in [0.15, 0.2) is 17.3 Å². The highest BCUT2D eigenvalue weighted by molar-refractivity contribution is 6.30. The minimum Gasteiger partial charge on any atom is -0.493 e. The molecule has 0 aliphatic rings. The Hall–Kier alpha value is -4.67. The number of nitrogens with one attached hydrogen (secondary N) is 1. The third kappa shape index (κ3) is 6.26. The molecule has 3 rings (SSSR count). The van der Waals surface area contributed by atoms with E-state index in [9.17, 15) is 19.6 Å². The lowest BCUT2D eigenvalue weighted by Gasteiger charge is -2.12. The first-order valence-electron chi connectivity index (χ1n) is 10.7. The number of carbonyl (C=O) groups is 3. The van der Waals surface area contributed by atoms with E-state index in [1.807, 2.05) is 6.07 Å². The molecule has 0 aliphatic carbocycles. The van der Waals surface area contributed by atoms with Crippen molar-refractivity contribution in [3.63, 3.8) is 0 Å². The molecule has 0 unspecified atom stereocenters. The van der Waals surface area contributed by atoms with Crippen molar-refractivity contribution >= 4 is 35.3 Å². The van der Waals surface area contributed by atoms with Gasteiger partial charge in [-0.05, 0) is 54.1 Å². The van der Waals surface area contributed by atoms with E-state index in [1.54, 1.807) is 48.5 Å². The molecule has 36 heavy (non-hydrogen) atoms. The smallest absolute Gasteiger partial charge is 0.344 e. The molecule has 0 radical (unpaired) electrons. The molecule has 180 valence electrons. The number of benzene rings is 3. The van der Waals surface area contributed by atoms with Gasteiger partial charge in [-0.15, -0.1) is 6.58 Å². The molecule has 0 saturated carbocycles. The van der Waals surface area contributed by atoms with Gasteiger partial charge < -0.3 is 14.8 Å². The Labute approximate surface area is 213 Å². The van der Waals surface area contributed by atoms with Crippen LogP contribution in [0.4, 0.5) is 0 Å². The predicted molar refractivity (Wildman–Crippen MR) is 136 cm³/mol. The number of hydrogen-bond donors (Lipinski definition) is 1. The highest BCUT2D eigenvalue weighted by atomic mass is 35.5. The number of carbonyl (C=O) groups excluding carboxylic acids is 3. The fourth-order valence-electron chi connectivity index (χ4n) is 3.20. The van der Waals surface area contributed by atoms with Crippen molar-refractivity contribution < 1.29 is 23.9 Å². The normalized spacial score (nSPS) is 10.6. The Morgan fingerprint density at radius 3 is 2.36 bits per heavy atom. The molecule has 8 heteroatoms. The average molecular weight is 501 g/mol. The van der Waals surface area contributed by atoms with Crippen LogP contribution in [0, 0.1) is 11.3 Å². The van der Waals surface area contributed by atoms with Crippen LogP contribution in [-0.4, -0.2) is 31.3 Å². The monoisotopic (exact) mass is 500 g/mol.